The van der Waals surface area contributed by atoms with E-state index in [1.165, 1.54) is 0 Å². The van der Waals surface area contributed by atoms with E-state index in [4.69, 9.17) is 25.8 Å². The largest absolute Gasteiger partial charge is 0.497 e. The molecule has 4 rings (SSSR count). The number of benzene rings is 1. The highest BCUT2D eigenvalue weighted by Crippen LogP contribution is 2.30. The number of rotatable bonds is 7. The van der Waals surface area contributed by atoms with Crippen molar-refractivity contribution in [2.45, 2.75) is 31.7 Å². The summed E-state index contributed by atoms with van der Waals surface area (Å²) in [6.07, 6.45) is 9.82. The number of hydrogen-bond acceptors (Lipinski definition) is 6. The number of guanidine groups is 1. The Morgan fingerprint density at radius 2 is 1.86 bits per heavy atom. The number of aromatic nitrogens is 3. The number of nitrogens with zero attached hydrogens (tertiary/aromatic N) is 3. The van der Waals surface area contributed by atoms with Gasteiger partial charge in [0.05, 0.1) is 18.3 Å². The van der Waals surface area contributed by atoms with Crippen molar-refractivity contribution >= 4 is 72.1 Å². The summed E-state index contributed by atoms with van der Waals surface area (Å²) in [5.74, 6) is 2.81. The minimum absolute atomic E-state index is 0. The van der Waals surface area contributed by atoms with Crippen molar-refractivity contribution in [1.29, 1.82) is 5.41 Å². The van der Waals surface area contributed by atoms with Crippen molar-refractivity contribution in [3.05, 3.63) is 54.1 Å². The minimum Gasteiger partial charge on any atom is -0.497 e. The highest BCUT2D eigenvalue weighted by molar-refractivity contribution is 5.91. The smallest absolute Gasteiger partial charge is 0.185 e. The molecule has 8 nitrogen and oxygen atoms in total. The third-order valence-corrected chi connectivity index (χ3v) is 5.78. The summed E-state index contributed by atoms with van der Waals surface area (Å²) >= 11 is 0. The lowest BCUT2D eigenvalue weighted by atomic mass is 9.86. The van der Waals surface area contributed by atoms with Crippen LogP contribution in [0.3, 0.4) is 0 Å². The SMILES string of the molecule is COc1ccc2nc(C=Cc3ccccn3)nc(N[C@H]3CC[C@@H](CNC(=N)N)CC3)c2c1.Cl.Cl.Cl. The molecule has 35 heavy (non-hydrogen) atoms. The predicted octanol–water partition coefficient (Wildman–Crippen LogP) is 4.92. The van der Waals surface area contributed by atoms with E-state index < -0.39 is 0 Å². The predicted molar refractivity (Wildman–Crippen MR) is 150 cm³/mol. The molecule has 0 unspecified atom stereocenters. The van der Waals surface area contributed by atoms with Gasteiger partial charge in [-0.25, -0.2) is 9.97 Å². The van der Waals surface area contributed by atoms with Crippen LogP contribution < -0.4 is 21.1 Å². The molecule has 0 radical (unpaired) electrons. The molecule has 5 N–H and O–H groups in total. The monoisotopic (exact) mass is 539 g/mol. The Morgan fingerprint density at radius 1 is 1.09 bits per heavy atom. The van der Waals surface area contributed by atoms with Gasteiger partial charge < -0.3 is 21.1 Å². The van der Waals surface area contributed by atoms with Gasteiger partial charge in [-0.1, -0.05) is 6.07 Å². The molecule has 1 saturated carbocycles. The van der Waals surface area contributed by atoms with Crippen molar-refractivity contribution in [3.8, 4) is 5.75 Å². The summed E-state index contributed by atoms with van der Waals surface area (Å²) in [6, 6.07) is 12.0. The Morgan fingerprint density at radius 3 is 2.51 bits per heavy atom. The number of nitrogens with one attached hydrogen (secondary N) is 3. The molecule has 0 atom stereocenters. The Bertz CT molecular complexity index is 1110. The molecule has 2 aromatic heterocycles. The van der Waals surface area contributed by atoms with E-state index in [2.05, 4.69) is 15.6 Å². The zero-order valence-electron chi connectivity index (χ0n) is 19.4. The molecule has 1 aromatic carbocycles. The van der Waals surface area contributed by atoms with Crippen LogP contribution >= 0.6 is 37.2 Å². The third-order valence-electron chi connectivity index (χ3n) is 5.78. The van der Waals surface area contributed by atoms with Crippen LogP contribution in [0.1, 0.15) is 37.2 Å². The lowest BCUT2D eigenvalue weighted by Crippen LogP contribution is -2.37. The first kappa shape index (κ1) is 30.2. The minimum atomic E-state index is 0. The van der Waals surface area contributed by atoms with E-state index in [0.29, 0.717) is 17.8 Å². The highest BCUT2D eigenvalue weighted by atomic mass is 35.5. The summed E-state index contributed by atoms with van der Waals surface area (Å²) in [6.45, 7) is 0.762. The molecule has 11 heteroatoms. The van der Waals surface area contributed by atoms with Crippen LogP contribution in [-0.4, -0.2) is 40.6 Å². The van der Waals surface area contributed by atoms with Gasteiger partial charge in [0.2, 0.25) is 0 Å². The van der Waals surface area contributed by atoms with Gasteiger partial charge in [-0.15, -0.1) is 37.2 Å². The van der Waals surface area contributed by atoms with Crippen LogP contribution in [0.25, 0.3) is 23.1 Å². The molecule has 3 aromatic rings. The normalized spacial score (nSPS) is 16.9. The van der Waals surface area contributed by atoms with E-state index >= 15 is 0 Å². The van der Waals surface area contributed by atoms with Crippen molar-refractivity contribution in [2.75, 3.05) is 19.0 Å². The third kappa shape index (κ3) is 8.42. The number of ether oxygens (including phenoxy) is 1. The van der Waals surface area contributed by atoms with E-state index in [-0.39, 0.29) is 43.2 Å². The van der Waals surface area contributed by atoms with Crippen LogP contribution in [0.4, 0.5) is 5.82 Å². The second kappa shape index (κ2) is 14.6. The Hall–Kier alpha value is -2.81. The number of nitrogens with two attached hydrogens (primary N) is 1. The van der Waals surface area contributed by atoms with Crippen LogP contribution in [-0.2, 0) is 0 Å². The van der Waals surface area contributed by atoms with Crippen molar-refractivity contribution in [2.24, 2.45) is 11.7 Å². The first-order chi connectivity index (χ1) is 15.6. The second-order valence-electron chi connectivity index (χ2n) is 8.06. The van der Waals surface area contributed by atoms with Crippen LogP contribution in [0.5, 0.6) is 5.75 Å². The van der Waals surface area contributed by atoms with Crippen molar-refractivity contribution in [3.63, 3.8) is 0 Å². The van der Waals surface area contributed by atoms with E-state index in [1.54, 1.807) is 13.3 Å². The number of fused-ring (bicyclic) bond motifs is 1. The number of anilines is 1. The molecule has 0 spiro atoms. The standard InChI is InChI=1S/C24H29N7O.3ClH/c1-32-19-10-11-21-20(14-19)23(29-18-7-5-16(6-8-18)15-28-24(25)26)31-22(30-21)12-9-17-4-2-3-13-27-17;;;/h2-4,9-14,16,18H,5-8,15H2,1H3,(H4,25,26,28)(H,29,30,31);3*1H/t16-,18+;;;. The summed E-state index contributed by atoms with van der Waals surface area (Å²) in [4.78, 5) is 13.9. The second-order valence-corrected chi connectivity index (χ2v) is 8.06. The highest BCUT2D eigenvalue weighted by Gasteiger charge is 2.22. The summed E-state index contributed by atoms with van der Waals surface area (Å²) < 4.78 is 5.42. The molecule has 1 aliphatic carbocycles. The number of halogens is 3. The van der Waals surface area contributed by atoms with Gasteiger partial charge >= 0.3 is 0 Å². The topological polar surface area (TPSA) is 122 Å². The Balaban J connectivity index is 0.00000204. The van der Waals surface area contributed by atoms with E-state index in [1.807, 2.05) is 48.6 Å². The Labute approximate surface area is 224 Å². The van der Waals surface area contributed by atoms with Crippen molar-refractivity contribution < 1.29 is 4.74 Å². The average molecular weight is 541 g/mol. The molecule has 1 aliphatic rings. The fourth-order valence-corrected chi connectivity index (χ4v) is 4.03. The molecule has 0 saturated heterocycles. The van der Waals surface area contributed by atoms with Gasteiger partial charge in [-0.3, -0.25) is 10.4 Å². The molecular formula is C24H32Cl3N7O. The zero-order chi connectivity index (χ0) is 22.3. The molecule has 0 aliphatic heterocycles. The van der Waals surface area contributed by atoms with Crippen LogP contribution in [0, 0.1) is 11.3 Å². The quantitative estimate of drug-likeness (QED) is 0.248. The first-order valence-corrected chi connectivity index (χ1v) is 10.9. The number of pyridine rings is 1. The number of methoxy groups -OCH3 is 1. The Kier molecular flexibility index (Phi) is 12.6. The number of hydrogen-bond donors (Lipinski definition) is 4. The molecule has 2 heterocycles. The van der Waals surface area contributed by atoms with Gasteiger partial charge in [0.25, 0.3) is 0 Å². The fourth-order valence-electron chi connectivity index (χ4n) is 4.03. The van der Waals surface area contributed by atoms with Gasteiger partial charge in [0.1, 0.15) is 11.6 Å². The average Bonchev–Trinajstić information content (AvgIpc) is 2.82. The van der Waals surface area contributed by atoms with Gasteiger partial charge in [-0.2, -0.15) is 0 Å². The summed E-state index contributed by atoms with van der Waals surface area (Å²) in [7, 11) is 1.66. The molecular weight excluding hydrogens is 509 g/mol. The maximum atomic E-state index is 7.34. The maximum absolute atomic E-state index is 7.34. The van der Waals surface area contributed by atoms with Crippen LogP contribution in [0.15, 0.2) is 42.6 Å². The summed E-state index contributed by atoms with van der Waals surface area (Å²) in [5.41, 5.74) is 7.14. The lowest BCUT2D eigenvalue weighted by molar-refractivity contribution is 0.336. The molecule has 0 bridgehead atoms. The zero-order valence-corrected chi connectivity index (χ0v) is 21.9. The molecule has 1 fully saturated rings. The lowest BCUT2D eigenvalue weighted by Gasteiger charge is -2.30. The van der Waals surface area contributed by atoms with E-state index in [9.17, 15) is 0 Å². The molecule has 190 valence electrons. The van der Waals surface area contributed by atoms with Gasteiger partial charge in [0.15, 0.2) is 11.8 Å². The van der Waals surface area contributed by atoms with Crippen molar-refractivity contribution in [1.82, 2.24) is 20.3 Å². The molecule has 0 amide bonds. The van der Waals surface area contributed by atoms with Gasteiger partial charge in [0, 0.05) is 24.2 Å². The first-order valence-electron chi connectivity index (χ1n) is 10.9. The van der Waals surface area contributed by atoms with Gasteiger partial charge in [-0.05, 0) is 74.1 Å². The summed E-state index contributed by atoms with van der Waals surface area (Å²) in [5, 5.41) is 14.9. The van der Waals surface area contributed by atoms with E-state index in [0.717, 1.165) is 60.4 Å². The van der Waals surface area contributed by atoms with Crippen LogP contribution in [0.2, 0.25) is 0 Å². The maximum Gasteiger partial charge on any atom is 0.185 e. The fraction of sp³-hybridized carbons (Fsp3) is 0.333.